The van der Waals surface area contributed by atoms with Crippen LogP contribution in [0.5, 0.6) is 0 Å². The zero-order valence-electron chi connectivity index (χ0n) is 16.9. The van der Waals surface area contributed by atoms with Crippen LogP contribution < -0.4 is 0 Å². The molecule has 3 nitrogen and oxygen atoms in total. The third-order valence-electron chi connectivity index (χ3n) is 5.13. The number of Topliss-reactive ketones (excluding diaryl/α,β-unsaturated/α-hetero) is 1. The van der Waals surface area contributed by atoms with E-state index in [2.05, 4.69) is 0 Å². The highest BCUT2D eigenvalue weighted by Gasteiger charge is 2.31. The van der Waals surface area contributed by atoms with Gasteiger partial charge in [0, 0.05) is 11.1 Å². The molecule has 0 aliphatic heterocycles. The molecule has 0 unspecified atom stereocenters. The molecule has 0 radical (unpaired) electrons. The van der Waals surface area contributed by atoms with Crippen LogP contribution in [-0.4, -0.2) is 11.8 Å². The van der Waals surface area contributed by atoms with E-state index in [1.165, 1.54) is 0 Å². The molecule has 0 saturated carbocycles. The minimum absolute atomic E-state index is 0.250. The van der Waals surface area contributed by atoms with Gasteiger partial charge in [0.2, 0.25) is 5.78 Å². The first-order valence-corrected chi connectivity index (χ1v) is 10.2. The molecule has 0 saturated heterocycles. The summed E-state index contributed by atoms with van der Waals surface area (Å²) in [7, 11) is 0. The average molecular weight is 406 g/mol. The van der Waals surface area contributed by atoms with Crippen molar-refractivity contribution in [3.8, 4) is 0 Å². The molecular formula is C28H22O3. The SMILES string of the molecule is O=C(O[C@@H](C(=O)c1ccccc1)c1ccccc1)C(c1ccccc1)c1ccccc1. The van der Waals surface area contributed by atoms with Gasteiger partial charge in [0.25, 0.3) is 0 Å². The fraction of sp³-hybridized carbons (Fsp3) is 0.0714. The molecule has 0 aliphatic carbocycles. The Balaban J connectivity index is 1.71. The Bertz CT molecular complexity index is 1080. The van der Waals surface area contributed by atoms with Gasteiger partial charge in [-0.25, -0.2) is 0 Å². The smallest absolute Gasteiger partial charge is 0.319 e. The topological polar surface area (TPSA) is 43.4 Å². The average Bonchev–Trinajstić information content (AvgIpc) is 2.85. The molecule has 1 atom stereocenters. The second-order valence-electron chi connectivity index (χ2n) is 7.21. The molecule has 152 valence electrons. The molecule has 0 spiro atoms. The molecule has 0 N–H and O–H groups in total. The number of hydrogen-bond acceptors (Lipinski definition) is 3. The van der Waals surface area contributed by atoms with Crippen LogP contribution in [0.15, 0.2) is 121 Å². The van der Waals surface area contributed by atoms with E-state index >= 15 is 0 Å². The summed E-state index contributed by atoms with van der Waals surface area (Å²) in [4.78, 5) is 26.8. The first-order chi connectivity index (χ1) is 15.2. The van der Waals surface area contributed by atoms with Crippen molar-refractivity contribution in [2.24, 2.45) is 0 Å². The summed E-state index contributed by atoms with van der Waals surface area (Å²) in [5.41, 5.74) is 2.78. The van der Waals surface area contributed by atoms with Crippen LogP contribution in [-0.2, 0) is 9.53 Å². The third kappa shape index (κ3) is 4.78. The van der Waals surface area contributed by atoms with Crippen LogP contribution >= 0.6 is 0 Å². The predicted molar refractivity (Wildman–Crippen MR) is 121 cm³/mol. The standard InChI is InChI=1S/C28H22O3/c29-26(23-17-9-3-10-18-23)27(24-19-11-4-12-20-24)31-28(30)25(21-13-5-1-6-14-21)22-15-7-2-8-16-22/h1-20,25,27H/t27-/m1/s1. The van der Waals surface area contributed by atoms with Gasteiger partial charge < -0.3 is 4.74 Å². The van der Waals surface area contributed by atoms with Crippen molar-refractivity contribution < 1.29 is 14.3 Å². The van der Waals surface area contributed by atoms with Gasteiger partial charge in [-0.15, -0.1) is 0 Å². The molecule has 31 heavy (non-hydrogen) atoms. The van der Waals surface area contributed by atoms with Crippen LogP contribution in [0.4, 0.5) is 0 Å². The predicted octanol–water partition coefficient (Wildman–Crippen LogP) is 5.99. The Morgan fingerprint density at radius 1 is 0.516 bits per heavy atom. The lowest BCUT2D eigenvalue weighted by atomic mass is 9.91. The Morgan fingerprint density at radius 2 is 0.903 bits per heavy atom. The Hall–Kier alpha value is -3.98. The number of carbonyl (C=O) groups is 2. The van der Waals surface area contributed by atoms with E-state index in [0.29, 0.717) is 11.1 Å². The lowest BCUT2D eigenvalue weighted by Gasteiger charge is -2.22. The number of carbonyl (C=O) groups excluding carboxylic acids is 2. The Morgan fingerprint density at radius 3 is 1.35 bits per heavy atom. The molecular weight excluding hydrogens is 384 g/mol. The highest BCUT2D eigenvalue weighted by molar-refractivity contribution is 6.01. The molecule has 0 aromatic heterocycles. The minimum atomic E-state index is -1.02. The van der Waals surface area contributed by atoms with Crippen molar-refractivity contribution in [3.05, 3.63) is 144 Å². The zero-order valence-corrected chi connectivity index (χ0v) is 16.9. The van der Waals surface area contributed by atoms with Crippen LogP contribution in [0.25, 0.3) is 0 Å². The van der Waals surface area contributed by atoms with E-state index in [-0.39, 0.29) is 5.78 Å². The summed E-state index contributed by atoms with van der Waals surface area (Å²) in [5.74, 6) is -1.34. The van der Waals surface area contributed by atoms with Crippen LogP contribution in [0.2, 0.25) is 0 Å². The van der Waals surface area contributed by atoms with E-state index in [1.54, 1.807) is 36.4 Å². The van der Waals surface area contributed by atoms with E-state index < -0.39 is 18.0 Å². The Labute approximate surface area is 181 Å². The Kier molecular flexibility index (Phi) is 6.34. The third-order valence-corrected chi connectivity index (χ3v) is 5.13. The van der Waals surface area contributed by atoms with Crippen LogP contribution in [0.3, 0.4) is 0 Å². The molecule has 0 heterocycles. The van der Waals surface area contributed by atoms with Crippen molar-refractivity contribution in [1.29, 1.82) is 0 Å². The van der Waals surface area contributed by atoms with E-state index in [1.807, 2.05) is 84.9 Å². The van der Waals surface area contributed by atoms with Crippen molar-refractivity contribution in [2.75, 3.05) is 0 Å². The highest BCUT2D eigenvalue weighted by Crippen LogP contribution is 2.30. The normalized spacial score (nSPS) is 11.6. The number of benzene rings is 4. The van der Waals surface area contributed by atoms with Gasteiger partial charge in [0.05, 0.1) is 0 Å². The van der Waals surface area contributed by atoms with Gasteiger partial charge in [-0.05, 0) is 11.1 Å². The molecule has 4 aromatic carbocycles. The zero-order chi connectivity index (χ0) is 21.5. The molecule has 0 bridgehead atoms. The van der Waals surface area contributed by atoms with Crippen LogP contribution in [0, 0.1) is 0 Å². The quantitative estimate of drug-likeness (QED) is 0.280. The number of ether oxygens (including phenoxy) is 1. The van der Waals surface area contributed by atoms with Gasteiger partial charge >= 0.3 is 5.97 Å². The lowest BCUT2D eigenvalue weighted by Crippen LogP contribution is -2.24. The first kappa shape index (κ1) is 20.3. The van der Waals surface area contributed by atoms with Crippen molar-refractivity contribution >= 4 is 11.8 Å². The highest BCUT2D eigenvalue weighted by atomic mass is 16.5. The van der Waals surface area contributed by atoms with Gasteiger partial charge in [-0.3, -0.25) is 9.59 Å². The number of rotatable bonds is 7. The van der Waals surface area contributed by atoms with Gasteiger partial charge in [0.15, 0.2) is 6.10 Å². The summed E-state index contributed by atoms with van der Waals surface area (Å²) in [5, 5.41) is 0. The molecule has 4 aromatic rings. The fourth-order valence-corrected chi connectivity index (χ4v) is 3.59. The number of esters is 1. The maximum absolute atomic E-state index is 13.5. The van der Waals surface area contributed by atoms with E-state index in [9.17, 15) is 9.59 Å². The summed E-state index contributed by atoms with van der Waals surface area (Å²) < 4.78 is 5.94. The second kappa shape index (κ2) is 9.68. The molecule has 4 rings (SSSR count). The van der Waals surface area contributed by atoms with Gasteiger partial charge in [-0.2, -0.15) is 0 Å². The maximum Gasteiger partial charge on any atom is 0.319 e. The first-order valence-electron chi connectivity index (χ1n) is 10.2. The number of ketones is 1. The largest absolute Gasteiger partial charge is 0.448 e. The summed E-state index contributed by atoms with van der Waals surface area (Å²) in [6.07, 6.45) is -1.02. The second-order valence-corrected chi connectivity index (χ2v) is 7.21. The summed E-state index contributed by atoms with van der Waals surface area (Å²) in [6.45, 7) is 0. The lowest BCUT2D eigenvalue weighted by molar-refractivity contribution is -0.148. The molecule has 0 fully saturated rings. The molecule has 3 heteroatoms. The van der Waals surface area contributed by atoms with Crippen LogP contribution in [0.1, 0.15) is 39.1 Å². The van der Waals surface area contributed by atoms with Gasteiger partial charge in [0.1, 0.15) is 5.92 Å². The summed E-state index contributed by atoms with van der Waals surface area (Å²) in [6, 6.07) is 37.0. The number of hydrogen-bond donors (Lipinski definition) is 0. The van der Waals surface area contributed by atoms with Crippen molar-refractivity contribution in [1.82, 2.24) is 0 Å². The fourth-order valence-electron chi connectivity index (χ4n) is 3.59. The maximum atomic E-state index is 13.5. The molecule has 0 amide bonds. The van der Waals surface area contributed by atoms with Crippen molar-refractivity contribution in [2.45, 2.75) is 12.0 Å². The molecule has 0 aliphatic rings. The van der Waals surface area contributed by atoms with E-state index in [0.717, 1.165) is 11.1 Å². The van der Waals surface area contributed by atoms with Gasteiger partial charge in [-0.1, -0.05) is 121 Å². The minimum Gasteiger partial charge on any atom is -0.448 e. The monoisotopic (exact) mass is 406 g/mol. The van der Waals surface area contributed by atoms with E-state index in [4.69, 9.17) is 4.74 Å². The van der Waals surface area contributed by atoms with Crippen molar-refractivity contribution in [3.63, 3.8) is 0 Å². The summed E-state index contributed by atoms with van der Waals surface area (Å²) >= 11 is 0.